The van der Waals surface area contributed by atoms with Crippen LogP contribution in [0, 0.1) is 12.8 Å². The van der Waals surface area contributed by atoms with Crippen LogP contribution in [0.2, 0.25) is 0 Å². The number of hydrogen-bond donors (Lipinski definition) is 1. The van der Waals surface area contributed by atoms with Crippen LogP contribution in [0.1, 0.15) is 18.9 Å². The Bertz CT molecular complexity index is 990. The van der Waals surface area contributed by atoms with Crippen molar-refractivity contribution in [2.45, 2.75) is 26.4 Å². The number of anilines is 2. The fourth-order valence-electron chi connectivity index (χ4n) is 3.37. The van der Waals surface area contributed by atoms with Gasteiger partial charge in [0.1, 0.15) is 11.5 Å². The Hall–Kier alpha value is -3.55. The van der Waals surface area contributed by atoms with Gasteiger partial charge in [0.05, 0.1) is 25.8 Å². The summed E-state index contributed by atoms with van der Waals surface area (Å²) in [5, 5.41) is 2.72. The molecule has 1 fully saturated rings. The summed E-state index contributed by atoms with van der Waals surface area (Å²) in [7, 11) is 3.05. The molecule has 0 bridgehead atoms. The summed E-state index contributed by atoms with van der Waals surface area (Å²) < 4.78 is 15.8. The maximum atomic E-state index is 12.6. The number of carbonyl (C=O) groups is 3. The monoisotopic (exact) mass is 426 g/mol. The number of methoxy groups -OCH3 is 2. The van der Waals surface area contributed by atoms with E-state index in [4.69, 9.17) is 14.2 Å². The van der Waals surface area contributed by atoms with E-state index in [1.807, 2.05) is 13.0 Å². The van der Waals surface area contributed by atoms with Crippen LogP contribution in [-0.2, 0) is 19.1 Å². The van der Waals surface area contributed by atoms with Crippen molar-refractivity contribution in [2.24, 2.45) is 5.92 Å². The molecule has 0 spiro atoms. The lowest BCUT2D eigenvalue weighted by atomic mass is 10.1. The summed E-state index contributed by atoms with van der Waals surface area (Å²) in [4.78, 5) is 39.1. The second-order valence-corrected chi connectivity index (χ2v) is 7.38. The van der Waals surface area contributed by atoms with Gasteiger partial charge >= 0.3 is 5.97 Å². The van der Waals surface area contributed by atoms with Crippen LogP contribution in [0.3, 0.4) is 0 Å². The highest BCUT2D eigenvalue weighted by atomic mass is 16.5. The lowest BCUT2D eigenvalue weighted by molar-refractivity contribution is -0.157. The molecule has 2 atom stereocenters. The SMILES string of the molecule is COc1cccc(N2CC(C(=O)OC(C)C(=O)Nc3cc(C)ccc3OC)CC2=O)c1. The number of esters is 1. The normalized spacial score (nSPS) is 16.6. The molecule has 31 heavy (non-hydrogen) atoms. The highest BCUT2D eigenvalue weighted by Crippen LogP contribution is 2.29. The maximum Gasteiger partial charge on any atom is 0.312 e. The summed E-state index contributed by atoms with van der Waals surface area (Å²) in [5.74, 6) is -0.774. The highest BCUT2D eigenvalue weighted by molar-refractivity contribution is 6.00. The number of hydrogen-bond acceptors (Lipinski definition) is 6. The smallest absolute Gasteiger partial charge is 0.312 e. The number of aryl methyl sites for hydroxylation is 1. The van der Waals surface area contributed by atoms with Gasteiger partial charge < -0.3 is 24.4 Å². The molecule has 1 aliphatic heterocycles. The van der Waals surface area contributed by atoms with Crippen molar-refractivity contribution in [1.82, 2.24) is 0 Å². The zero-order chi connectivity index (χ0) is 22.5. The number of nitrogens with one attached hydrogen (secondary N) is 1. The van der Waals surface area contributed by atoms with Crippen molar-refractivity contribution in [3.8, 4) is 11.5 Å². The molecule has 3 rings (SSSR count). The third-order valence-electron chi connectivity index (χ3n) is 5.10. The maximum absolute atomic E-state index is 12.6. The fourth-order valence-corrected chi connectivity index (χ4v) is 3.37. The Labute approximate surface area is 181 Å². The van der Waals surface area contributed by atoms with Gasteiger partial charge in [-0.3, -0.25) is 14.4 Å². The molecule has 2 aromatic carbocycles. The molecule has 164 valence electrons. The van der Waals surface area contributed by atoms with Gasteiger partial charge in [0.15, 0.2) is 6.10 Å². The standard InChI is InChI=1S/C23H26N2O6/c1-14-8-9-20(30-4)19(10-14)24-22(27)15(2)31-23(28)16-11-21(26)25(13-16)17-6-5-7-18(12-17)29-3/h5-10,12,15-16H,11,13H2,1-4H3,(H,24,27). The van der Waals surface area contributed by atoms with E-state index in [2.05, 4.69) is 5.32 Å². The first-order valence-electron chi connectivity index (χ1n) is 9.92. The minimum Gasteiger partial charge on any atom is -0.497 e. The second-order valence-electron chi connectivity index (χ2n) is 7.38. The van der Waals surface area contributed by atoms with Crippen LogP contribution in [0.15, 0.2) is 42.5 Å². The van der Waals surface area contributed by atoms with Gasteiger partial charge in [-0.2, -0.15) is 0 Å². The minimum atomic E-state index is -1.03. The lowest BCUT2D eigenvalue weighted by Gasteiger charge is -2.19. The molecule has 0 radical (unpaired) electrons. The number of nitrogens with zero attached hydrogens (tertiary/aromatic N) is 1. The van der Waals surface area contributed by atoms with E-state index in [9.17, 15) is 14.4 Å². The summed E-state index contributed by atoms with van der Waals surface area (Å²) >= 11 is 0. The zero-order valence-corrected chi connectivity index (χ0v) is 18.0. The summed E-state index contributed by atoms with van der Waals surface area (Å²) in [6, 6.07) is 12.4. The van der Waals surface area contributed by atoms with Gasteiger partial charge in [0, 0.05) is 24.7 Å². The van der Waals surface area contributed by atoms with Gasteiger partial charge in [-0.15, -0.1) is 0 Å². The molecule has 2 amide bonds. The zero-order valence-electron chi connectivity index (χ0n) is 18.0. The van der Waals surface area contributed by atoms with Crippen LogP contribution in [-0.4, -0.2) is 44.7 Å². The summed E-state index contributed by atoms with van der Waals surface area (Å²) in [5.41, 5.74) is 2.09. The molecule has 1 heterocycles. The van der Waals surface area contributed by atoms with Gasteiger partial charge in [-0.05, 0) is 43.7 Å². The van der Waals surface area contributed by atoms with Crippen molar-refractivity contribution < 1.29 is 28.6 Å². The van der Waals surface area contributed by atoms with Crippen molar-refractivity contribution in [2.75, 3.05) is 31.0 Å². The molecule has 1 aliphatic rings. The largest absolute Gasteiger partial charge is 0.497 e. The Morgan fingerprint density at radius 2 is 1.90 bits per heavy atom. The van der Waals surface area contributed by atoms with Gasteiger partial charge in [-0.1, -0.05) is 12.1 Å². The molecule has 0 saturated carbocycles. The highest BCUT2D eigenvalue weighted by Gasteiger charge is 2.37. The van der Waals surface area contributed by atoms with Crippen molar-refractivity contribution >= 4 is 29.2 Å². The molecule has 0 aliphatic carbocycles. The number of rotatable bonds is 7. The average molecular weight is 426 g/mol. The molecule has 0 aromatic heterocycles. The van der Waals surface area contributed by atoms with E-state index < -0.39 is 23.9 Å². The predicted molar refractivity (Wildman–Crippen MR) is 115 cm³/mol. The minimum absolute atomic E-state index is 0.0239. The summed E-state index contributed by atoms with van der Waals surface area (Å²) in [6.07, 6.45) is -1.01. The van der Waals surface area contributed by atoms with Crippen LogP contribution in [0.25, 0.3) is 0 Å². The molecule has 1 N–H and O–H groups in total. The first-order chi connectivity index (χ1) is 14.8. The molecule has 2 aromatic rings. The number of amides is 2. The predicted octanol–water partition coefficient (Wildman–Crippen LogP) is 2.94. The Morgan fingerprint density at radius 3 is 2.61 bits per heavy atom. The lowest BCUT2D eigenvalue weighted by Crippen LogP contribution is -2.33. The molecule has 1 saturated heterocycles. The molecule has 8 nitrogen and oxygen atoms in total. The Morgan fingerprint density at radius 1 is 1.13 bits per heavy atom. The first-order valence-corrected chi connectivity index (χ1v) is 9.92. The quantitative estimate of drug-likeness (QED) is 0.684. The first kappa shape index (κ1) is 22.1. The Kier molecular flexibility index (Phi) is 6.79. The van der Waals surface area contributed by atoms with Gasteiger partial charge in [0.2, 0.25) is 5.91 Å². The number of benzene rings is 2. The van der Waals surface area contributed by atoms with E-state index in [0.717, 1.165) is 5.56 Å². The van der Waals surface area contributed by atoms with E-state index in [1.54, 1.807) is 43.5 Å². The molecular weight excluding hydrogens is 400 g/mol. The third kappa shape index (κ3) is 5.14. The molecular formula is C23H26N2O6. The Balaban J connectivity index is 1.61. The van der Waals surface area contributed by atoms with Crippen molar-refractivity contribution in [3.63, 3.8) is 0 Å². The molecule has 8 heteroatoms. The van der Waals surface area contributed by atoms with E-state index in [-0.39, 0.29) is 18.9 Å². The van der Waals surface area contributed by atoms with Gasteiger partial charge in [-0.25, -0.2) is 0 Å². The van der Waals surface area contributed by atoms with Crippen molar-refractivity contribution in [1.29, 1.82) is 0 Å². The van der Waals surface area contributed by atoms with Gasteiger partial charge in [0.25, 0.3) is 5.91 Å². The number of ether oxygens (including phenoxy) is 3. The second kappa shape index (κ2) is 9.51. The molecule has 2 unspecified atom stereocenters. The third-order valence-corrected chi connectivity index (χ3v) is 5.10. The average Bonchev–Trinajstić information content (AvgIpc) is 3.15. The van der Waals surface area contributed by atoms with Crippen molar-refractivity contribution in [3.05, 3.63) is 48.0 Å². The van der Waals surface area contributed by atoms with E-state index in [0.29, 0.717) is 22.9 Å². The van der Waals surface area contributed by atoms with Crippen LogP contribution < -0.4 is 19.7 Å². The van der Waals surface area contributed by atoms with E-state index in [1.165, 1.54) is 18.9 Å². The van der Waals surface area contributed by atoms with Crippen LogP contribution in [0.4, 0.5) is 11.4 Å². The fraction of sp³-hybridized carbons (Fsp3) is 0.348. The van der Waals surface area contributed by atoms with Crippen LogP contribution in [0.5, 0.6) is 11.5 Å². The number of carbonyl (C=O) groups excluding carboxylic acids is 3. The van der Waals surface area contributed by atoms with E-state index >= 15 is 0 Å². The summed E-state index contributed by atoms with van der Waals surface area (Å²) in [6.45, 7) is 3.57. The topological polar surface area (TPSA) is 94.2 Å². The van der Waals surface area contributed by atoms with Crippen LogP contribution >= 0.6 is 0 Å².